The van der Waals surface area contributed by atoms with E-state index in [0.29, 0.717) is 32.8 Å². The Morgan fingerprint density at radius 2 is 1.51 bits per heavy atom. The van der Waals surface area contributed by atoms with Gasteiger partial charge in [0.2, 0.25) is 10.0 Å². The fourth-order valence-electron chi connectivity index (χ4n) is 4.47. The Labute approximate surface area is 217 Å². The molecule has 0 radical (unpaired) electrons. The van der Waals surface area contributed by atoms with Crippen LogP contribution in [0.3, 0.4) is 0 Å². The van der Waals surface area contributed by atoms with E-state index in [1.54, 1.807) is 42.5 Å². The number of sulfonamides is 1. The summed E-state index contributed by atoms with van der Waals surface area (Å²) in [6.45, 7) is 1.44. The predicted octanol–water partition coefficient (Wildman–Crippen LogP) is 6.05. The van der Waals surface area contributed by atoms with E-state index in [2.05, 4.69) is 24.3 Å². The van der Waals surface area contributed by atoms with Crippen molar-refractivity contribution in [3.05, 3.63) is 99.5 Å². The normalized spacial score (nSPS) is 14.7. The highest BCUT2D eigenvalue weighted by atomic mass is 35.5. The summed E-state index contributed by atoms with van der Waals surface area (Å²) in [7, 11) is -3.61. The number of amides is 1. The van der Waals surface area contributed by atoms with Crippen LogP contribution in [0.1, 0.15) is 34.3 Å². The highest BCUT2D eigenvalue weighted by Gasteiger charge is 2.25. The van der Waals surface area contributed by atoms with Gasteiger partial charge in [-0.1, -0.05) is 59.6 Å². The fourth-order valence-corrected chi connectivity index (χ4v) is 5.85. The number of benzene rings is 3. The molecule has 0 spiro atoms. The van der Waals surface area contributed by atoms with Crippen LogP contribution in [-0.2, 0) is 23.0 Å². The second kappa shape index (κ2) is 11.0. The molecule has 184 valence electrons. The molecule has 1 aliphatic heterocycles. The van der Waals surface area contributed by atoms with Gasteiger partial charge in [0.15, 0.2) is 0 Å². The first kappa shape index (κ1) is 25.5. The van der Waals surface area contributed by atoms with Crippen molar-refractivity contribution >= 4 is 44.8 Å². The first-order chi connectivity index (χ1) is 16.7. The first-order valence-electron chi connectivity index (χ1n) is 11.6. The van der Waals surface area contributed by atoms with Crippen molar-refractivity contribution < 1.29 is 13.2 Å². The van der Waals surface area contributed by atoms with Gasteiger partial charge in [-0.15, -0.1) is 0 Å². The second-order valence-corrected chi connectivity index (χ2v) is 11.7. The number of likely N-dealkylation sites (tertiary alicyclic amines) is 1. The van der Waals surface area contributed by atoms with E-state index in [1.165, 1.54) is 9.87 Å². The van der Waals surface area contributed by atoms with Gasteiger partial charge in [0.05, 0.1) is 18.5 Å². The van der Waals surface area contributed by atoms with Gasteiger partial charge in [-0.3, -0.25) is 9.10 Å². The van der Waals surface area contributed by atoms with E-state index in [-0.39, 0.29) is 12.5 Å². The van der Waals surface area contributed by atoms with Crippen LogP contribution in [-0.4, -0.2) is 38.6 Å². The summed E-state index contributed by atoms with van der Waals surface area (Å²) < 4.78 is 26.3. The van der Waals surface area contributed by atoms with Crippen molar-refractivity contribution in [3.63, 3.8) is 0 Å². The molecule has 4 rings (SSSR count). The van der Waals surface area contributed by atoms with Crippen molar-refractivity contribution in [2.24, 2.45) is 5.92 Å². The topological polar surface area (TPSA) is 57.7 Å². The maximum atomic E-state index is 13.1. The Morgan fingerprint density at radius 1 is 0.914 bits per heavy atom. The van der Waals surface area contributed by atoms with Crippen LogP contribution in [0.2, 0.25) is 10.0 Å². The maximum Gasteiger partial charge on any atom is 0.253 e. The number of halogens is 2. The van der Waals surface area contributed by atoms with Crippen LogP contribution in [0.4, 0.5) is 5.69 Å². The zero-order valence-corrected chi connectivity index (χ0v) is 21.9. The molecule has 0 aromatic heterocycles. The quantitative estimate of drug-likeness (QED) is 0.373. The third-order valence-corrected chi connectivity index (χ3v) is 8.28. The van der Waals surface area contributed by atoms with Crippen LogP contribution in [0.25, 0.3) is 0 Å². The highest BCUT2D eigenvalue weighted by Crippen LogP contribution is 2.30. The van der Waals surface area contributed by atoms with Gasteiger partial charge in [0, 0.05) is 34.3 Å². The van der Waals surface area contributed by atoms with E-state index in [9.17, 15) is 13.2 Å². The van der Waals surface area contributed by atoms with Crippen molar-refractivity contribution in [2.75, 3.05) is 23.7 Å². The lowest BCUT2D eigenvalue weighted by Gasteiger charge is -2.32. The number of carbonyl (C=O) groups excluding carboxylic acids is 1. The molecule has 0 N–H and O–H groups in total. The Kier molecular flexibility index (Phi) is 8.05. The second-order valence-electron chi connectivity index (χ2n) is 8.94. The molecule has 0 unspecified atom stereocenters. The van der Waals surface area contributed by atoms with Gasteiger partial charge >= 0.3 is 0 Å². The van der Waals surface area contributed by atoms with E-state index >= 15 is 0 Å². The highest BCUT2D eigenvalue weighted by molar-refractivity contribution is 7.92. The van der Waals surface area contributed by atoms with Crippen LogP contribution in [0.15, 0.2) is 72.8 Å². The molecule has 1 saturated heterocycles. The Bertz CT molecular complexity index is 1250. The summed E-state index contributed by atoms with van der Waals surface area (Å²) >= 11 is 12.5. The Hall–Kier alpha value is -2.54. The summed E-state index contributed by atoms with van der Waals surface area (Å²) in [6, 6.07) is 22.2. The lowest BCUT2D eigenvalue weighted by atomic mass is 9.90. The van der Waals surface area contributed by atoms with E-state index < -0.39 is 10.0 Å². The van der Waals surface area contributed by atoms with Gasteiger partial charge in [-0.05, 0) is 67.1 Å². The average molecular weight is 532 g/mol. The zero-order valence-electron chi connectivity index (χ0n) is 19.5. The summed E-state index contributed by atoms with van der Waals surface area (Å²) in [4.78, 5) is 15.0. The average Bonchev–Trinajstić information content (AvgIpc) is 2.84. The van der Waals surface area contributed by atoms with Crippen molar-refractivity contribution in [2.45, 2.75) is 25.8 Å². The number of nitrogens with zero attached hydrogens (tertiary/aromatic N) is 2. The van der Waals surface area contributed by atoms with Crippen LogP contribution in [0, 0.1) is 5.92 Å². The number of hydrogen-bond donors (Lipinski definition) is 0. The lowest BCUT2D eigenvalue weighted by molar-refractivity contribution is 0.0690. The van der Waals surface area contributed by atoms with Crippen molar-refractivity contribution in [1.29, 1.82) is 0 Å². The van der Waals surface area contributed by atoms with Gasteiger partial charge in [0.25, 0.3) is 5.91 Å². The first-order valence-corrected chi connectivity index (χ1v) is 14.2. The van der Waals surface area contributed by atoms with Crippen molar-refractivity contribution in [3.8, 4) is 0 Å². The predicted molar refractivity (Wildman–Crippen MR) is 143 cm³/mol. The van der Waals surface area contributed by atoms with E-state index in [4.69, 9.17) is 23.2 Å². The summed E-state index contributed by atoms with van der Waals surface area (Å²) in [6.07, 6.45) is 4.11. The molecular weight excluding hydrogens is 503 g/mol. The third kappa shape index (κ3) is 6.37. The van der Waals surface area contributed by atoms with E-state index in [0.717, 1.165) is 38.6 Å². The minimum Gasteiger partial charge on any atom is -0.339 e. The molecular formula is C27H28Cl2N2O3S. The van der Waals surface area contributed by atoms with Crippen LogP contribution >= 0.6 is 23.2 Å². The van der Waals surface area contributed by atoms with Gasteiger partial charge in [-0.25, -0.2) is 8.42 Å². The molecule has 5 nitrogen and oxygen atoms in total. The standard InChI is InChI=1S/C27H28Cl2N2O3S/c1-35(33,34)31(19-24-25(28)8-5-9-26(24)29)23-12-10-22(11-13-23)27(32)30-16-14-21(15-17-30)18-20-6-3-2-4-7-20/h2-13,21H,14-19H2,1H3. The Morgan fingerprint density at radius 3 is 2.09 bits per heavy atom. The van der Waals surface area contributed by atoms with Gasteiger partial charge in [0.1, 0.15) is 0 Å². The number of carbonyl (C=O) groups is 1. The molecule has 0 bridgehead atoms. The van der Waals surface area contributed by atoms with Crippen molar-refractivity contribution in [1.82, 2.24) is 4.90 Å². The van der Waals surface area contributed by atoms with E-state index in [1.807, 2.05) is 11.0 Å². The van der Waals surface area contributed by atoms with Gasteiger partial charge in [-0.2, -0.15) is 0 Å². The molecule has 1 amide bonds. The molecule has 3 aromatic carbocycles. The minimum absolute atomic E-state index is 0.000436. The number of hydrogen-bond acceptors (Lipinski definition) is 3. The molecule has 1 fully saturated rings. The maximum absolute atomic E-state index is 13.1. The number of piperidine rings is 1. The van der Waals surface area contributed by atoms with Gasteiger partial charge < -0.3 is 4.90 Å². The lowest BCUT2D eigenvalue weighted by Crippen LogP contribution is -2.39. The SMILES string of the molecule is CS(=O)(=O)N(Cc1c(Cl)cccc1Cl)c1ccc(C(=O)N2CCC(Cc3ccccc3)CC2)cc1. The smallest absolute Gasteiger partial charge is 0.253 e. The molecule has 8 heteroatoms. The molecule has 35 heavy (non-hydrogen) atoms. The largest absolute Gasteiger partial charge is 0.339 e. The molecule has 0 saturated carbocycles. The number of anilines is 1. The molecule has 0 aliphatic carbocycles. The summed E-state index contributed by atoms with van der Waals surface area (Å²) in [5.41, 5.74) is 2.85. The third-order valence-electron chi connectivity index (χ3n) is 6.43. The molecule has 1 heterocycles. The molecule has 0 atom stereocenters. The summed E-state index contributed by atoms with van der Waals surface area (Å²) in [5, 5.41) is 0.794. The van der Waals surface area contributed by atoms with Crippen LogP contribution < -0.4 is 4.31 Å². The number of rotatable bonds is 7. The summed E-state index contributed by atoms with van der Waals surface area (Å²) in [5.74, 6) is 0.540. The van der Waals surface area contributed by atoms with Crippen LogP contribution in [0.5, 0.6) is 0 Å². The monoisotopic (exact) mass is 530 g/mol. The fraction of sp³-hybridized carbons (Fsp3) is 0.296. The Balaban J connectivity index is 1.43. The zero-order chi connectivity index (χ0) is 25.0. The molecule has 3 aromatic rings. The molecule has 1 aliphatic rings. The minimum atomic E-state index is -3.61.